The largest absolute Gasteiger partial charge is 0.488 e. The molecule has 2 aromatic rings. The van der Waals surface area contributed by atoms with Crippen LogP contribution in [0.4, 0.5) is 0 Å². The summed E-state index contributed by atoms with van der Waals surface area (Å²) in [4.78, 5) is 22.4. The lowest BCUT2D eigenvalue weighted by Crippen LogP contribution is -2.26. The maximum Gasteiger partial charge on any atom is 0.305 e. The van der Waals surface area contributed by atoms with Crippen molar-refractivity contribution < 1.29 is 19.4 Å². The molecule has 1 fully saturated rings. The van der Waals surface area contributed by atoms with Gasteiger partial charge in [-0.05, 0) is 45.8 Å². The smallest absolute Gasteiger partial charge is 0.305 e. The Hall–Kier alpha value is -3.16. The monoisotopic (exact) mass is 486 g/mol. The number of nitriles is 1. The highest BCUT2D eigenvalue weighted by Gasteiger charge is 2.32. The molecule has 8 nitrogen and oxygen atoms in total. The first-order valence-electron chi connectivity index (χ1n) is 8.67. The topological polar surface area (TPSA) is 124 Å². The summed E-state index contributed by atoms with van der Waals surface area (Å²) >= 11 is 4.49. The molecule has 1 saturated heterocycles. The van der Waals surface area contributed by atoms with Crippen LogP contribution in [0.15, 0.2) is 57.1 Å². The van der Waals surface area contributed by atoms with Crippen LogP contribution in [0.2, 0.25) is 0 Å². The molecule has 0 bridgehead atoms. The van der Waals surface area contributed by atoms with Crippen LogP contribution in [0.3, 0.4) is 0 Å². The summed E-state index contributed by atoms with van der Waals surface area (Å²) in [6.45, 7) is 0.262. The van der Waals surface area contributed by atoms with Gasteiger partial charge >= 0.3 is 5.97 Å². The molecule has 1 atom stereocenters. The zero-order chi connectivity index (χ0) is 21.5. The molecule has 10 heteroatoms. The number of benzene rings is 2. The molecule has 1 heterocycles. The number of rotatable bonds is 7. The molecule has 3 rings (SSSR count). The standard InChI is InChI=1S/C20H15BrN4O4S/c21-15-7-12(10-23-25-20-24-19(28)17(30-20)8-18(26)27)5-6-16(15)29-11-14-4-2-1-3-13(14)9-22/h1-7,10,17H,8,11H2,(H,26,27)(H,24,25,28). The first-order chi connectivity index (χ1) is 14.5. The van der Waals surface area contributed by atoms with Gasteiger partial charge in [-0.3, -0.25) is 9.59 Å². The van der Waals surface area contributed by atoms with Crippen LogP contribution in [0, 0.1) is 11.3 Å². The molecular formula is C20H15BrN4O4S. The molecule has 0 aliphatic carbocycles. The van der Waals surface area contributed by atoms with E-state index in [4.69, 9.17) is 15.1 Å². The highest BCUT2D eigenvalue weighted by Crippen LogP contribution is 2.27. The SMILES string of the molecule is N#Cc1ccccc1COc1ccc(C=NN=C2NC(=O)C(CC(=O)O)S2)cc1Br. The van der Waals surface area contributed by atoms with Gasteiger partial charge in [0.2, 0.25) is 5.91 Å². The van der Waals surface area contributed by atoms with Crippen LogP contribution < -0.4 is 10.1 Å². The van der Waals surface area contributed by atoms with E-state index in [2.05, 4.69) is 37.5 Å². The number of ether oxygens (including phenoxy) is 1. The lowest BCUT2D eigenvalue weighted by Gasteiger charge is -2.09. The number of hydrogen-bond donors (Lipinski definition) is 2. The quantitative estimate of drug-likeness (QED) is 0.456. The molecule has 0 radical (unpaired) electrons. The van der Waals surface area contributed by atoms with Gasteiger partial charge in [-0.2, -0.15) is 10.4 Å². The number of halogens is 1. The Morgan fingerprint density at radius 2 is 2.17 bits per heavy atom. The van der Waals surface area contributed by atoms with Crippen molar-refractivity contribution in [3.05, 3.63) is 63.6 Å². The Bertz CT molecular complexity index is 1080. The number of nitrogens with one attached hydrogen (secondary N) is 1. The van der Waals surface area contributed by atoms with Crippen LogP contribution >= 0.6 is 27.7 Å². The maximum absolute atomic E-state index is 11.7. The first kappa shape index (κ1) is 21.5. The van der Waals surface area contributed by atoms with Gasteiger partial charge in [-0.25, -0.2) is 0 Å². The number of carboxylic acid groups (broad SMARTS) is 1. The highest BCUT2D eigenvalue weighted by atomic mass is 79.9. The fourth-order valence-corrected chi connectivity index (χ4v) is 3.94. The minimum absolute atomic E-state index is 0.262. The fraction of sp³-hybridized carbons (Fsp3) is 0.150. The van der Waals surface area contributed by atoms with Gasteiger partial charge in [0, 0.05) is 5.56 Å². The van der Waals surface area contributed by atoms with Crippen molar-refractivity contribution in [1.29, 1.82) is 5.26 Å². The predicted octanol–water partition coefficient (Wildman–Crippen LogP) is 3.30. The van der Waals surface area contributed by atoms with Gasteiger partial charge in [0.15, 0.2) is 5.17 Å². The average Bonchev–Trinajstić information content (AvgIpc) is 3.06. The molecule has 2 N–H and O–H groups in total. The van der Waals surface area contributed by atoms with Crippen LogP contribution in [0.1, 0.15) is 23.1 Å². The second kappa shape index (κ2) is 10.0. The first-order valence-corrected chi connectivity index (χ1v) is 10.3. The molecule has 0 aromatic heterocycles. The number of carbonyl (C=O) groups is 2. The third-order valence-corrected chi connectivity index (χ3v) is 5.66. The summed E-state index contributed by atoms with van der Waals surface area (Å²) < 4.78 is 6.50. The van der Waals surface area contributed by atoms with E-state index in [0.29, 0.717) is 15.8 Å². The van der Waals surface area contributed by atoms with Crippen LogP contribution in [-0.2, 0) is 16.2 Å². The van der Waals surface area contributed by atoms with Crippen LogP contribution in [-0.4, -0.2) is 33.6 Å². The van der Waals surface area contributed by atoms with Gasteiger partial charge < -0.3 is 15.2 Å². The van der Waals surface area contributed by atoms with Gasteiger partial charge in [-0.15, -0.1) is 5.10 Å². The molecule has 1 amide bonds. The van der Waals surface area contributed by atoms with Crippen LogP contribution in [0.5, 0.6) is 5.75 Å². The number of amidine groups is 1. The molecule has 0 saturated carbocycles. The van der Waals surface area contributed by atoms with Crippen molar-refractivity contribution in [3.63, 3.8) is 0 Å². The summed E-state index contributed by atoms with van der Waals surface area (Å²) in [6, 6.07) is 14.7. The summed E-state index contributed by atoms with van der Waals surface area (Å²) in [5.74, 6) is -0.824. The number of carboxylic acids is 1. The summed E-state index contributed by atoms with van der Waals surface area (Å²) in [7, 11) is 0. The minimum atomic E-state index is -1.05. The summed E-state index contributed by atoms with van der Waals surface area (Å²) in [6.07, 6.45) is 1.23. The average molecular weight is 487 g/mol. The normalized spacial score (nSPS) is 17.1. The Kier molecular flexibility index (Phi) is 7.21. The van der Waals surface area contributed by atoms with Gasteiger partial charge in [0.25, 0.3) is 0 Å². The highest BCUT2D eigenvalue weighted by molar-refractivity contribution is 9.10. The van der Waals surface area contributed by atoms with E-state index in [0.717, 1.165) is 22.9 Å². The van der Waals surface area contributed by atoms with E-state index in [-0.39, 0.29) is 18.2 Å². The van der Waals surface area contributed by atoms with E-state index in [1.54, 1.807) is 30.3 Å². The Labute approximate surface area is 184 Å². The number of carbonyl (C=O) groups excluding carboxylic acids is 1. The fourth-order valence-electron chi connectivity index (χ4n) is 2.52. The van der Waals surface area contributed by atoms with E-state index in [9.17, 15) is 9.59 Å². The molecule has 30 heavy (non-hydrogen) atoms. The Morgan fingerprint density at radius 3 is 2.90 bits per heavy atom. The number of thioether (sulfide) groups is 1. The molecular weight excluding hydrogens is 472 g/mol. The Balaban J connectivity index is 1.61. The van der Waals surface area contributed by atoms with Crippen molar-refractivity contribution in [2.75, 3.05) is 0 Å². The third-order valence-electron chi connectivity index (χ3n) is 3.97. The third kappa shape index (κ3) is 5.68. The van der Waals surface area contributed by atoms with Crippen molar-refractivity contribution in [2.24, 2.45) is 10.2 Å². The van der Waals surface area contributed by atoms with Gasteiger partial charge in [0.05, 0.1) is 28.7 Å². The molecule has 1 unspecified atom stereocenters. The molecule has 2 aromatic carbocycles. The van der Waals surface area contributed by atoms with E-state index in [1.807, 2.05) is 12.1 Å². The number of nitrogens with zero attached hydrogens (tertiary/aromatic N) is 3. The molecule has 0 spiro atoms. The van der Waals surface area contributed by atoms with Crippen LogP contribution in [0.25, 0.3) is 0 Å². The zero-order valence-corrected chi connectivity index (χ0v) is 17.8. The molecule has 1 aliphatic rings. The summed E-state index contributed by atoms with van der Waals surface area (Å²) in [5.41, 5.74) is 2.11. The van der Waals surface area contributed by atoms with Gasteiger partial charge in [0.1, 0.15) is 17.6 Å². The van der Waals surface area contributed by atoms with Crippen molar-refractivity contribution in [2.45, 2.75) is 18.3 Å². The lowest BCUT2D eigenvalue weighted by molar-refractivity contribution is -0.138. The van der Waals surface area contributed by atoms with Crippen molar-refractivity contribution in [3.8, 4) is 11.8 Å². The molecule has 1 aliphatic heterocycles. The van der Waals surface area contributed by atoms with E-state index < -0.39 is 17.1 Å². The predicted molar refractivity (Wildman–Crippen MR) is 116 cm³/mol. The van der Waals surface area contributed by atoms with E-state index >= 15 is 0 Å². The van der Waals surface area contributed by atoms with Crippen molar-refractivity contribution in [1.82, 2.24) is 5.32 Å². The zero-order valence-electron chi connectivity index (χ0n) is 15.4. The van der Waals surface area contributed by atoms with Crippen molar-refractivity contribution >= 4 is 51.0 Å². The lowest BCUT2D eigenvalue weighted by atomic mass is 10.1. The number of aliphatic carboxylic acids is 1. The number of amides is 1. The molecule has 152 valence electrons. The Morgan fingerprint density at radius 1 is 1.37 bits per heavy atom. The van der Waals surface area contributed by atoms with E-state index in [1.165, 1.54) is 6.21 Å². The minimum Gasteiger partial charge on any atom is -0.488 e. The number of hydrogen-bond acceptors (Lipinski definition) is 7. The second-order valence-corrected chi connectivity index (χ2v) is 8.14. The summed E-state index contributed by atoms with van der Waals surface area (Å²) in [5, 5.41) is 27.9. The van der Waals surface area contributed by atoms with Gasteiger partial charge in [-0.1, -0.05) is 30.0 Å². The second-order valence-electron chi connectivity index (χ2n) is 6.09. The maximum atomic E-state index is 11.7.